The van der Waals surface area contributed by atoms with Crippen molar-refractivity contribution in [3.05, 3.63) is 76.4 Å². The van der Waals surface area contributed by atoms with Crippen molar-refractivity contribution in [2.45, 2.75) is 42.8 Å². The first-order chi connectivity index (χ1) is 19.3. The zero-order chi connectivity index (χ0) is 29.3. The van der Waals surface area contributed by atoms with Gasteiger partial charge in [-0.25, -0.2) is 8.42 Å². The number of sulfone groups is 1. The average Bonchev–Trinajstić information content (AvgIpc) is 3.40. The first kappa shape index (κ1) is 27.9. The molecule has 0 aliphatic carbocycles. The predicted molar refractivity (Wildman–Crippen MR) is 144 cm³/mol. The van der Waals surface area contributed by atoms with Crippen LogP contribution in [0.5, 0.6) is 0 Å². The van der Waals surface area contributed by atoms with E-state index in [1.165, 1.54) is 11.0 Å². The van der Waals surface area contributed by atoms with E-state index in [2.05, 4.69) is 10.2 Å². The number of carbonyl (C=O) groups excluding carboxylic acids is 1. The number of benzene rings is 2. The lowest BCUT2D eigenvalue weighted by Gasteiger charge is -2.42. The molecular formula is C28H30F3N5O4S. The normalized spacial score (nSPS) is 20.0. The number of aryl methyl sites for hydroxylation is 1. The van der Waals surface area contributed by atoms with Gasteiger partial charge in [0.05, 0.1) is 30.6 Å². The van der Waals surface area contributed by atoms with Crippen LogP contribution in [0.1, 0.15) is 51.4 Å². The molecule has 0 spiro atoms. The highest BCUT2D eigenvalue weighted by atomic mass is 32.2. The number of alkyl halides is 3. The predicted octanol–water partition coefficient (Wildman–Crippen LogP) is 3.29. The molecular weight excluding hydrogens is 559 g/mol. The van der Waals surface area contributed by atoms with Crippen LogP contribution in [0.25, 0.3) is 0 Å². The SMILES string of the molecule is CC(c1cc2c(c(C(F)(F)F)c1)CN(c1cccc(C3(Cc4nncn4C)COC3)c1)C2=O)N1CC(S(C)(=O)=O)C1. The Morgan fingerprint density at radius 3 is 2.49 bits per heavy atom. The summed E-state index contributed by atoms with van der Waals surface area (Å²) in [5.74, 6) is 0.284. The zero-order valence-electron chi connectivity index (χ0n) is 22.8. The molecule has 6 rings (SSSR count). The molecule has 1 amide bonds. The number of fused-ring (bicyclic) bond motifs is 1. The minimum Gasteiger partial charge on any atom is -0.379 e. The van der Waals surface area contributed by atoms with Crippen LogP contribution >= 0.6 is 0 Å². The molecule has 1 atom stereocenters. The Balaban J connectivity index is 1.31. The average molecular weight is 590 g/mol. The van der Waals surface area contributed by atoms with Gasteiger partial charge in [-0.2, -0.15) is 13.2 Å². The highest BCUT2D eigenvalue weighted by molar-refractivity contribution is 7.91. The summed E-state index contributed by atoms with van der Waals surface area (Å²) in [7, 11) is -1.37. The molecule has 4 heterocycles. The number of aromatic nitrogens is 3. The van der Waals surface area contributed by atoms with E-state index in [-0.39, 0.29) is 36.2 Å². The molecule has 0 bridgehead atoms. The third-order valence-corrected chi connectivity index (χ3v) is 10.2. The molecule has 0 radical (unpaired) electrons. The first-order valence-electron chi connectivity index (χ1n) is 13.3. The Kier molecular flexibility index (Phi) is 6.55. The molecule has 1 aromatic heterocycles. The molecule has 2 aromatic carbocycles. The summed E-state index contributed by atoms with van der Waals surface area (Å²) in [6.45, 7) is 2.92. The summed E-state index contributed by atoms with van der Waals surface area (Å²) in [4.78, 5) is 16.8. The van der Waals surface area contributed by atoms with Crippen molar-refractivity contribution in [1.29, 1.82) is 0 Å². The molecule has 2 saturated heterocycles. The summed E-state index contributed by atoms with van der Waals surface area (Å²) >= 11 is 0. The van der Waals surface area contributed by atoms with Gasteiger partial charge in [0.25, 0.3) is 5.91 Å². The number of anilines is 1. The summed E-state index contributed by atoms with van der Waals surface area (Å²) in [6.07, 6.45) is -1.31. The topological polar surface area (TPSA) is 97.6 Å². The Hall–Kier alpha value is -3.29. The Morgan fingerprint density at radius 1 is 1.17 bits per heavy atom. The molecule has 3 aromatic rings. The lowest BCUT2D eigenvalue weighted by molar-refractivity contribution is -0.138. The second-order valence-electron chi connectivity index (χ2n) is 11.4. The number of hydrogen-bond acceptors (Lipinski definition) is 7. The van der Waals surface area contributed by atoms with Crippen molar-refractivity contribution in [2.75, 3.05) is 37.5 Å². The molecule has 0 saturated carbocycles. The summed E-state index contributed by atoms with van der Waals surface area (Å²) < 4.78 is 74.0. The molecule has 41 heavy (non-hydrogen) atoms. The minimum absolute atomic E-state index is 0.0213. The maximum Gasteiger partial charge on any atom is 0.416 e. The van der Waals surface area contributed by atoms with E-state index >= 15 is 0 Å². The van der Waals surface area contributed by atoms with E-state index in [4.69, 9.17) is 4.74 Å². The molecule has 3 aliphatic heterocycles. The van der Waals surface area contributed by atoms with Gasteiger partial charge in [0.15, 0.2) is 9.84 Å². The molecule has 9 nitrogen and oxygen atoms in total. The second-order valence-corrected chi connectivity index (χ2v) is 13.7. The highest BCUT2D eigenvalue weighted by Crippen LogP contribution is 2.43. The largest absolute Gasteiger partial charge is 0.416 e. The van der Waals surface area contributed by atoms with Crippen molar-refractivity contribution >= 4 is 21.4 Å². The summed E-state index contributed by atoms with van der Waals surface area (Å²) in [5.41, 5.74) is 0.505. The smallest absolute Gasteiger partial charge is 0.379 e. The van der Waals surface area contributed by atoms with E-state index in [9.17, 15) is 26.4 Å². The van der Waals surface area contributed by atoms with Crippen LogP contribution < -0.4 is 4.90 Å². The Labute approximate surface area is 235 Å². The van der Waals surface area contributed by atoms with Gasteiger partial charge in [0.2, 0.25) is 0 Å². The third kappa shape index (κ3) is 4.83. The third-order valence-electron chi connectivity index (χ3n) is 8.71. The number of rotatable bonds is 7. The van der Waals surface area contributed by atoms with E-state index < -0.39 is 38.8 Å². The number of likely N-dealkylation sites (tertiary alicyclic amines) is 1. The second kappa shape index (κ2) is 9.63. The number of hydrogen-bond donors (Lipinski definition) is 0. The number of nitrogens with zero attached hydrogens (tertiary/aromatic N) is 5. The molecule has 2 fully saturated rings. The lowest BCUT2D eigenvalue weighted by atomic mass is 9.75. The number of amides is 1. The van der Waals surface area contributed by atoms with Gasteiger partial charge < -0.3 is 14.2 Å². The zero-order valence-corrected chi connectivity index (χ0v) is 23.7. The molecule has 1 unspecified atom stereocenters. The number of halogens is 3. The minimum atomic E-state index is -4.66. The van der Waals surface area contributed by atoms with Crippen molar-refractivity contribution in [1.82, 2.24) is 19.7 Å². The van der Waals surface area contributed by atoms with Crippen LogP contribution in [0.2, 0.25) is 0 Å². The van der Waals surface area contributed by atoms with Gasteiger partial charge in [-0.15, -0.1) is 10.2 Å². The van der Waals surface area contributed by atoms with Crippen LogP contribution in [0, 0.1) is 0 Å². The standard InChI is InChI=1S/C28H30F3N5O4S/c1-17(35-11-21(12-35)41(3,38)39)18-7-22-23(24(8-18)28(29,30)31)13-36(26(22)37)20-6-4-5-19(9-20)27(14-40-15-27)10-25-33-32-16-34(25)2/h4-9,16-17,21H,10-15H2,1-3H3. The fraction of sp³-hybridized carbons (Fsp3) is 0.464. The molecule has 0 N–H and O–H groups in total. The quantitative estimate of drug-likeness (QED) is 0.417. The molecule has 218 valence electrons. The van der Waals surface area contributed by atoms with Gasteiger partial charge >= 0.3 is 6.18 Å². The monoisotopic (exact) mass is 589 g/mol. The summed E-state index contributed by atoms with van der Waals surface area (Å²) in [5, 5.41) is 7.61. The van der Waals surface area contributed by atoms with Crippen molar-refractivity contribution in [3.63, 3.8) is 0 Å². The van der Waals surface area contributed by atoms with E-state index in [0.717, 1.165) is 23.7 Å². The fourth-order valence-electron chi connectivity index (χ4n) is 5.89. The highest BCUT2D eigenvalue weighted by Gasteiger charge is 2.44. The van der Waals surface area contributed by atoms with E-state index in [1.54, 1.807) is 25.4 Å². The first-order valence-corrected chi connectivity index (χ1v) is 15.2. The van der Waals surface area contributed by atoms with Crippen LogP contribution in [-0.4, -0.2) is 71.8 Å². The maximum absolute atomic E-state index is 14.3. The van der Waals surface area contributed by atoms with E-state index in [1.807, 2.05) is 28.6 Å². The van der Waals surface area contributed by atoms with Crippen molar-refractivity contribution in [2.24, 2.45) is 7.05 Å². The van der Waals surface area contributed by atoms with E-state index in [0.29, 0.717) is 30.9 Å². The van der Waals surface area contributed by atoms with Crippen molar-refractivity contribution < 1.29 is 31.1 Å². The Morgan fingerprint density at radius 2 is 1.90 bits per heavy atom. The van der Waals surface area contributed by atoms with Crippen molar-refractivity contribution in [3.8, 4) is 0 Å². The van der Waals surface area contributed by atoms with Crippen LogP contribution in [0.4, 0.5) is 18.9 Å². The van der Waals surface area contributed by atoms with Gasteiger partial charge in [0.1, 0.15) is 12.2 Å². The fourth-order valence-corrected chi connectivity index (χ4v) is 6.82. The Bertz CT molecular complexity index is 1630. The van der Waals surface area contributed by atoms with Crippen LogP contribution in [0.3, 0.4) is 0 Å². The van der Waals surface area contributed by atoms with Crippen LogP contribution in [0.15, 0.2) is 42.7 Å². The van der Waals surface area contributed by atoms with Gasteiger partial charge in [-0.3, -0.25) is 9.69 Å². The van der Waals surface area contributed by atoms with Gasteiger partial charge in [-0.1, -0.05) is 12.1 Å². The van der Waals surface area contributed by atoms with Gasteiger partial charge in [0, 0.05) is 55.5 Å². The van der Waals surface area contributed by atoms with Gasteiger partial charge in [-0.05, 0) is 47.9 Å². The lowest BCUT2D eigenvalue weighted by Crippen LogP contribution is -2.54. The summed E-state index contributed by atoms with van der Waals surface area (Å²) in [6, 6.07) is 9.47. The van der Waals surface area contributed by atoms with Crippen LogP contribution in [-0.2, 0) is 46.2 Å². The molecule has 13 heteroatoms. The maximum atomic E-state index is 14.3. The molecule has 3 aliphatic rings. The number of carbonyl (C=O) groups is 1. The number of ether oxygens (including phenoxy) is 1.